The van der Waals surface area contributed by atoms with Crippen LogP contribution >= 0.6 is 0 Å². The number of methoxy groups -OCH3 is 1. The van der Waals surface area contributed by atoms with Gasteiger partial charge < -0.3 is 9.64 Å². The number of hydrogen-bond acceptors (Lipinski definition) is 5. The molecule has 1 saturated heterocycles. The number of nitrogens with one attached hydrogen (secondary N) is 1. The lowest BCUT2D eigenvalue weighted by Gasteiger charge is -2.35. The van der Waals surface area contributed by atoms with E-state index < -0.39 is 0 Å². The quantitative estimate of drug-likeness (QED) is 0.647. The van der Waals surface area contributed by atoms with Crippen LogP contribution in [0.3, 0.4) is 0 Å². The smallest absolute Gasteiger partial charge is 0.277 e. The minimum atomic E-state index is -0.0954. The third-order valence-electron chi connectivity index (χ3n) is 6.97. The molecule has 4 heterocycles. The van der Waals surface area contributed by atoms with Gasteiger partial charge in [0.1, 0.15) is 5.75 Å². The maximum atomic E-state index is 13.3. The lowest BCUT2D eigenvalue weighted by Crippen LogP contribution is -2.40. The number of ether oxygens (including phenoxy) is 1. The molecule has 0 aliphatic carbocycles. The molecule has 2 aromatic heterocycles. The summed E-state index contributed by atoms with van der Waals surface area (Å²) in [6.07, 6.45) is 4.39. The van der Waals surface area contributed by atoms with Crippen LogP contribution in [0.5, 0.6) is 5.75 Å². The number of fused-ring (bicyclic) bond motifs is 2. The number of aromatic amines is 1. The van der Waals surface area contributed by atoms with E-state index in [-0.39, 0.29) is 17.5 Å². The van der Waals surface area contributed by atoms with Gasteiger partial charge in [0.2, 0.25) is 5.91 Å². The van der Waals surface area contributed by atoms with Crippen molar-refractivity contribution in [2.45, 2.75) is 58.2 Å². The SMILES string of the molecule is CCC(=O)N1CCc2nc3cc([C@H]4CCCCN4Cc4ccccc4OC)[nH]n3c(=O)c2C1. The number of piperidine rings is 1. The normalized spacial score (nSPS) is 19.0. The molecule has 0 radical (unpaired) electrons. The number of amides is 1. The third-order valence-corrected chi connectivity index (χ3v) is 6.97. The first-order chi connectivity index (χ1) is 16.1. The van der Waals surface area contributed by atoms with E-state index in [1.165, 1.54) is 0 Å². The molecule has 1 fully saturated rings. The zero-order valence-corrected chi connectivity index (χ0v) is 19.3. The molecule has 33 heavy (non-hydrogen) atoms. The summed E-state index contributed by atoms with van der Waals surface area (Å²) in [7, 11) is 1.71. The van der Waals surface area contributed by atoms with E-state index in [2.05, 4.69) is 16.1 Å². The predicted octanol–water partition coefficient (Wildman–Crippen LogP) is 3.05. The maximum Gasteiger partial charge on any atom is 0.277 e. The van der Waals surface area contributed by atoms with Crippen LogP contribution in [0.4, 0.5) is 0 Å². The van der Waals surface area contributed by atoms with E-state index in [0.29, 0.717) is 37.1 Å². The Kier molecular flexibility index (Phi) is 5.93. The van der Waals surface area contributed by atoms with E-state index in [1.54, 1.807) is 16.5 Å². The van der Waals surface area contributed by atoms with Gasteiger partial charge in [-0.15, -0.1) is 0 Å². The molecule has 3 aromatic rings. The van der Waals surface area contributed by atoms with Crippen LogP contribution in [0, 0.1) is 0 Å². The minimum Gasteiger partial charge on any atom is -0.496 e. The van der Waals surface area contributed by atoms with Gasteiger partial charge in [-0.2, -0.15) is 0 Å². The van der Waals surface area contributed by atoms with Gasteiger partial charge in [0.25, 0.3) is 5.56 Å². The first-order valence-corrected chi connectivity index (χ1v) is 11.9. The maximum absolute atomic E-state index is 13.3. The Morgan fingerprint density at radius 3 is 2.91 bits per heavy atom. The van der Waals surface area contributed by atoms with Crippen molar-refractivity contribution >= 4 is 11.6 Å². The number of rotatable bonds is 5. The lowest BCUT2D eigenvalue weighted by molar-refractivity contribution is -0.131. The van der Waals surface area contributed by atoms with Gasteiger partial charge in [0, 0.05) is 37.6 Å². The molecular formula is C25H31N5O3. The summed E-state index contributed by atoms with van der Waals surface area (Å²) in [6.45, 7) is 4.59. The molecule has 174 valence electrons. The van der Waals surface area contributed by atoms with Gasteiger partial charge >= 0.3 is 0 Å². The fourth-order valence-electron chi connectivity index (χ4n) is 5.19. The third kappa shape index (κ3) is 4.04. The Bertz CT molecular complexity index is 1230. The van der Waals surface area contributed by atoms with Crippen LogP contribution in [0.2, 0.25) is 0 Å². The average Bonchev–Trinajstić information content (AvgIpc) is 3.28. The summed E-state index contributed by atoms with van der Waals surface area (Å²) in [5, 5.41) is 3.35. The van der Waals surface area contributed by atoms with Crippen molar-refractivity contribution in [3.05, 3.63) is 63.2 Å². The second-order valence-corrected chi connectivity index (χ2v) is 8.96. The molecular weight excluding hydrogens is 418 g/mol. The molecule has 2 aliphatic heterocycles. The number of carbonyl (C=O) groups excluding carboxylic acids is 1. The van der Waals surface area contributed by atoms with E-state index in [9.17, 15) is 9.59 Å². The van der Waals surface area contributed by atoms with Crippen molar-refractivity contribution < 1.29 is 9.53 Å². The highest BCUT2D eigenvalue weighted by Gasteiger charge is 2.29. The zero-order valence-electron chi connectivity index (χ0n) is 19.3. The number of aromatic nitrogens is 3. The van der Waals surface area contributed by atoms with Crippen molar-refractivity contribution in [1.29, 1.82) is 0 Å². The first-order valence-electron chi connectivity index (χ1n) is 11.9. The van der Waals surface area contributed by atoms with Crippen LogP contribution < -0.4 is 10.3 Å². The summed E-state index contributed by atoms with van der Waals surface area (Å²) in [5.74, 6) is 0.974. The highest BCUT2D eigenvalue weighted by atomic mass is 16.5. The molecule has 8 nitrogen and oxygen atoms in total. The molecule has 0 spiro atoms. The number of benzene rings is 1. The Balaban J connectivity index is 1.47. The second kappa shape index (κ2) is 9.02. The monoisotopic (exact) mass is 449 g/mol. The van der Waals surface area contributed by atoms with E-state index in [4.69, 9.17) is 9.72 Å². The highest BCUT2D eigenvalue weighted by Crippen LogP contribution is 2.33. The van der Waals surface area contributed by atoms with Gasteiger partial charge in [0.05, 0.1) is 36.6 Å². The predicted molar refractivity (Wildman–Crippen MR) is 125 cm³/mol. The molecule has 8 heteroatoms. The summed E-state index contributed by atoms with van der Waals surface area (Å²) < 4.78 is 7.12. The van der Waals surface area contributed by atoms with Crippen LogP contribution in [-0.2, 0) is 24.3 Å². The number of likely N-dealkylation sites (tertiary alicyclic amines) is 1. The molecule has 0 bridgehead atoms. The van der Waals surface area contributed by atoms with Gasteiger partial charge in [-0.05, 0) is 25.5 Å². The summed E-state index contributed by atoms with van der Waals surface area (Å²) >= 11 is 0. The average molecular weight is 450 g/mol. The Labute approximate surface area is 193 Å². The largest absolute Gasteiger partial charge is 0.496 e. The van der Waals surface area contributed by atoms with Gasteiger partial charge in [-0.1, -0.05) is 31.5 Å². The Hall–Kier alpha value is -3.13. The number of hydrogen-bond donors (Lipinski definition) is 1. The zero-order chi connectivity index (χ0) is 22.9. The van der Waals surface area contributed by atoms with Crippen LogP contribution in [0.15, 0.2) is 35.1 Å². The van der Waals surface area contributed by atoms with Gasteiger partial charge in [0.15, 0.2) is 5.65 Å². The van der Waals surface area contributed by atoms with Gasteiger partial charge in [-0.25, -0.2) is 9.50 Å². The number of para-hydroxylation sites is 1. The van der Waals surface area contributed by atoms with Crippen molar-refractivity contribution in [3.8, 4) is 5.75 Å². The van der Waals surface area contributed by atoms with E-state index in [0.717, 1.165) is 55.1 Å². The molecule has 0 saturated carbocycles. The van der Waals surface area contributed by atoms with Crippen LogP contribution in [-0.4, -0.2) is 50.5 Å². The first kappa shape index (κ1) is 21.7. The molecule has 1 N–H and O–H groups in total. The second-order valence-electron chi connectivity index (χ2n) is 8.96. The fraction of sp³-hybridized carbons (Fsp3) is 0.480. The molecule has 1 aromatic carbocycles. The van der Waals surface area contributed by atoms with Crippen LogP contribution in [0.25, 0.3) is 5.65 Å². The summed E-state index contributed by atoms with van der Waals surface area (Å²) in [6, 6.07) is 10.3. The lowest BCUT2D eigenvalue weighted by atomic mass is 9.98. The summed E-state index contributed by atoms with van der Waals surface area (Å²) in [5.41, 5.74) is 4.19. The number of H-pyrrole nitrogens is 1. The van der Waals surface area contributed by atoms with Crippen LogP contribution in [0.1, 0.15) is 61.2 Å². The topological polar surface area (TPSA) is 82.9 Å². The van der Waals surface area contributed by atoms with Crippen molar-refractivity contribution in [1.82, 2.24) is 24.4 Å². The molecule has 5 rings (SSSR count). The van der Waals surface area contributed by atoms with E-state index >= 15 is 0 Å². The Morgan fingerprint density at radius 1 is 1.24 bits per heavy atom. The number of carbonyl (C=O) groups is 1. The van der Waals surface area contributed by atoms with Gasteiger partial charge in [-0.3, -0.25) is 19.6 Å². The highest BCUT2D eigenvalue weighted by molar-refractivity contribution is 5.76. The van der Waals surface area contributed by atoms with Crippen molar-refractivity contribution in [2.24, 2.45) is 0 Å². The minimum absolute atomic E-state index is 0.0755. The summed E-state index contributed by atoms with van der Waals surface area (Å²) in [4.78, 5) is 34.5. The fourth-order valence-corrected chi connectivity index (χ4v) is 5.19. The van der Waals surface area contributed by atoms with Crippen molar-refractivity contribution in [2.75, 3.05) is 20.2 Å². The number of nitrogens with zero attached hydrogens (tertiary/aromatic N) is 4. The van der Waals surface area contributed by atoms with E-state index in [1.807, 2.05) is 31.2 Å². The standard InChI is InChI=1S/C25H31N5O3/c1-3-24(31)29-13-11-19-18(16-29)25(32)30-23(26-19)14-20(27-30)21-9-6-7-12-28(21)15-17-8-4-5-10-22(17)33-2/h4-5,8,10,14,21,27H,3,6-7,9,11-13,15-16H2,1-2H3/t21-/m1/s1. The molecule has 0 unspecified atom stereocenters. The molecule has 1 atom stereocenters. The molecule has 2 aliphatic rings. The molecule has 1 amide bonds. The Morgan fingerprint density at radius 2 is 2.09 bits per heavy atom. The van der Waals surface area contributed by atoms with Crippen molar-refractivity contribution in [3.63, 3.8) is 0 Å².